The number of aromatic nitrogens is 2. The number of hydrogen-bond acceptors (Lipinski definition) is 5. The zero-order valence-corrected chi connectivity index (χ0v) is 13.0. The van der Waals surface area contributed by atoms with Crippen LogP contribution in [0, 0.1) is 6.92 Å². The van der Waals surface area contributed by atoms with Gasteiger partial charge in [0.05, 0.1) is 5.56 Å². The summed E-state index contributed by atoms with van der Waals surface area (Å²) < 4.78 is 10.5. The Kier molecular flexibility index (Phi) is 4.11. The molecule has 1 atom stereocenters. The van der Waals surface area contributed by atoms with Crippen LogP contribution in [0.1, 0.15) is 61.4 Å². The molecule has 0 radical (unpaired) electrons. The second-order valence-electron chi connectivity index (χ2n) is 6.12. The van der Waals surface area contributed by atoms with Crippen molar-refractivity contribution in [1.82, 2.24) is 10.1 Å². The van der Waals surface area contributed by atoms with E-state index in [2.05, 4.69) is 10.1 Å². The molecule has 5 heteroatoms. The third-order valence-corrected chi connectivity index (χ3v) is 3.00. The first-order chi connectivity index (χ1) is 9.77. The molecule has 0 bridgehead atoms. The molecule has 1 aromatic carbocycles. The first-order valence-corrected chi connectivity index (χ1v) is 6.89. The third-order valence-electron chi connectivity index (χ3n) is 3.00. The fourth-order valence-electron chi connectivity index (χ4n) is 1.76. The fourth-order valence-corrected chi connectivity index (χ4v) is 1.76. The molecular weight excluding hydrogens is 268 g/mol. The molecule has 0 fully saturated rings. The predicted octanol–water partition coefficient (Wildman–Crippen LogP) is 3.59. The van der Waals surface area contributed by atoms with Crippen LogP contribution in [-0.2, 0) is 10.2 Å². The van der Waals surface area contributed by atoms with Gasteiger partial charge < -0.3 is 9.26 Å². The number of benzene rings is 1. The first-order valence-electron chi connectivity index (χ1n) is 6.89. The average molecular weight is 288 g/mol. The van der Waals surface area contributed by atoms with Crippen LogP contribution in [0.2, 0.25) is 0 Å². The van der Waals surface area contributed by atoms with E-state index in [0.717, 1.165) is 5.56 Å². The average Bonchev–Trinajstić information content (AvgIpc) is 2.88. The van der Waals surface area contributed by atoms with Gasteiger partial charge in [0, 0.05) is 5.41 Å². The van der Waals surface area contributed by atoms with Gasteiger partial charge in [0.25, 0.3) is 5.89 Å². The molecule has 0 amide bonds. The van der Waals surface area contributed by atoms with Gasteiger partial charge in [0.1, 0.15) is 0 Å². The van der Waals surface area contributed by atoms with Crippen molar-refractivity contribution in [2.45, 2.75) is 46.1 Å². The van der Waals surface area contributed by atoms with Gasteiger partial charge in [-0.1, -0.05) is 43.6 Å². The van der Waals surface area contributed by atoms with Crippen molar-refractivity contribution < 1.29 is 14.1 Å². The standard InChI is InChI=1S/C16H20N2O3/c1-10-7-6-8-12(9-10)14(19)20-11(2)13-17-15(18-21-13)16(3,4)5/h6-9,11H,1-5H3. The van der Waals surface area contributed by atoms with Crippen molar-refractivity contribution in [1.29, 1.82) is 0 Å². The lowest BCUT2D eigenvalue weighted by Crippen LogP contribution is -2.14. The summed E-state index contributed by atoms with van der Waals surface area (Å²) >= 11 is 0. The second-order valence-corrected chi connectivity index (χ2v) is 6.12. The van der Waals surface area contributed by atoms with Crippen molar-refractivity contribution in [3.63, 3.8) is 0 Å². The number of nitrogens with zero attached hydrogens (tertiary/aromatic N) is 2. The number of carbonyl (C=O) groups excluding carboxylic acids is 1. The summed E-state index contributed by atoms with van der Waals surface area (Å²) in [7, 11) is 0. The van der Waals surface area contributed by atoms with Gasteiger partial charge in [-0.2, -0.15) is 4.98 Å². The number of aryl methyl sites for hydroxylation is 1. The zero-order valence-electron chi connectivity index (χ0n) is 13.0. The molecule has 2 rings (SSSR count). The number of carbonyl (C=O) groups is 1. The highest BCUT2D eigenvalue weighted by Crippen LogP contribution is 2.23. The molecule has 0 aliphatic heterocycles. The lowest BCUT2D eigenvalue weighted by atomic mass is 9.96. The Balaban J connectivity index is 2.09. The van der Waals surface area contributed by atoms with Crippen LogP contribution < -0.4 is 0 Å². The van der Waals surface area contributed by atoms with Crippen LogP contribution >= 0.6 is 0 Å². The van der Waals surface area contributed by atoms with E-state index < -0.39 is 12.1 Å². The lowest BCUT2D eigenvalue weighted by Gasteiger charge is -2.11. The maximum Gasteiger partial charge on any atom is 0.338 e. The van der Waals surface area contributed by atoms with Gasteiger partial charge in [0.2, 0.25) is 0 Å². The van der Waals surface area contributed by atoms with E-state index in [9.17, 15) is 4.79 Å². The molecule has 5 nitrogen and oxygen atoms in total. The number of esters is 1. The van der Waals surface area contributed by atoms with Crippen LogP contribution in [0.4, 0.5) is 0 Å². The topological polar surface area (TPSA) is 65.2 Å². The van der Waals surface area contributed by atoms with E-state index in [0.29, 0.717) is 17.3 Å². The Bertz CT molecular complexity index is 641. The monoisotopic (exact) mass is 288 g/mol. The smallest absolute Gasteiger partial charge is 0.338 e. The minimum Gasteiger partial charge on any atom is -0.449 e. The largest absolute Gasteiger partial charge is 0.449 e. The molecule has 0 aliphatic carbocycles. The van der Waals surface area contributed by atoms with Gasteiger partial charge in [-0.15, -0.1) is 0 Å². The van der Waals surface area contributed by atoms with Gasteiger partial charge in [-0.05, 0) is 26.0 Å². The third kappa shape index (κ3) is 3.68. The van der Waals surface area contributed by atoms with E-state index in [4.69, 9.17) is 9.26 Å². The lowest BCUT2D eigenvalue weighted by molar-refractivity contribution is 0.0265. The SMILES string of the molecule is Cc1cccc(C(=O)OC(C)c2nc(C(C)(C)C)no2)c1. The van der Waals surface area contributed by atoms with Crippen molar-refractivity contribution in [3.05, 3.63) is 47.1 Å². The van der Waals surface area contributed by atoms with Crippen molar-refractivity contribution in [2.24, 2.45) is 0 Å². The Morgan fingerprint density at radius 1 is 1.33 bits per heavy atom. The highest BCUT2D eigenvalue weighted by atomic mass is 16.6. The predicted molar refractivity (Wildman–Crippen MR) is 78.0 cm³/mol. The van der Waals surface area contributed by atoms with Gasteiger partial charge in [0.15, 0.2) is 11.9 Å². The molecular formula is C16H20N2O3. The number of hydrogen-bond donors (Lipinski definition) is 0. The van der Waals surface area contributed by atoms with Crippen LogP contribution in [0.3, 0.4) is 0 Å². The molecule has 0 saturated carbocycles. The van der Waals surface area contributed by atoms with Crippen LogP contribution in [0.15, 0.2) is 28.8 Å². The highest BCUT2D eigenvalue weighted by Gasteiger charge is 2.25. The van der Waals surface area contributed by atoms with Gasteiger partial charge in [-0.3, -0.25) is 0 Å². The van der Waals surface area contributed by atoms with Crippen LogP contribution in [0.5, 0.6) is 0 Å². The number of ether oxygens (including phenoxy) is 1. The van der Waals surface area contributed by atoms with E-state index in [1.54, 1.807) is 19.1 Å². The summed E-state index contributed by atoms with van der Waals surface area (Å²) in [4.78, 5) is 16.4. The minimum absolute atomic E-state index is 0.206. The molecule has 21 heavy (non-hydrogen) atoms. The summed E-state index contributed by atoms with van der Waals surface area (Å²) in [5.41, 5.74) is 1.31. The Morgan fingerprint density at radius 3 is 2.62 bits per heavy atom. The molecule has 0 saturated heterocycles. The summed E-state index contributed by atoms with van der Waals surface area (Å²) in [5, 5.41) is 3.93. The van der Waals surface area contributed by atoms with Gasteiger partial charge >= 0.3 is 5.97 Å². The van der Waals surface area contributed by atoms with Gasteiger partial charge in [-0.25, -0.2) is 4.79 Å². The van der Waals surface area contributed by atoms with Crippen LogP contribution in [-0.4, -0.2) is 16.1 Å². The zero-order chi connectivity index (χ0) is 15.6. The molecule has 0 aliphatic rings. The maximum absolute atomic E-state index is 12.1. The maximum atomic E-state index is 12.1. The second kappa shape index (κ2) is 5.68. The summed E-state index contributed by atoms with van der Waals surface area (Å²) in [6.45, 7) is 9.61. The molecule has 0 N–H and O–H groups in total. The summed E-state index contributed by atoms with van der Waals surface area (Å²) in [5.74, 6) is 0.499. The van der Waals surface area contributed by atoms with Crippen LogP contribution in [0.25, 0.3) is 0 Å². The highest BCUT2D eigenvalue weighted by molar-refractivity contribution is 5.89. The van der Waals surface area contributed by atoms with Crippen molar-refractivity contribution in [3.8, 4) is 0 Å². The Morgan fingerprint density at radius 2 is 2.05 bits per heavy atom. The molecule has 1 heterocycles. The minimum atomic E-state index is -0.582. The molecule has 1 aromatic heterocycles. The quantitative estimate of drug-likeness (QED) is 0.807. The first kappa shape index (κ1) is 15.2. The van der Waals surface area contributed by atoms with Crippen molar-refractivity contribution >= 4 is 5.97 Å². The molecule has 112 valence electrons. The fraction of sp³-hybridized carbons (Fsp3) is 0.438. The number of rotatable bonds is 3. The van der Waals surface area contributed by atoms with Crippen molar-refractivity contribution in [2.75, 3.05) is 0 Å². The summed E-state index contributed by atoms with van der Waals surface area (Å²) in [6.07, 6.45) is -0.582. The van der Waals surface area contributed by atoms with E-state index in [1.807, 2.05) is 39.8 Å². The normalized spacial score (nSPS) is 13.0. The van der Waals surface area contributed by atoms with E-state index >= 15 is 0 Å². The molecule has 2 aromatic rings. The Labute approximate surface area is 124 Å². The van der Waals surface area contributed by atoms with E-state index in [1.165, 1.54) is 0 Å². The summed E-state index contributed by atoms with van der Waals surface area (Å²) in [6, 6.07) is 7.24. The Hall–Kier alpha value is -2.17. The molecule has 1 unspecified atom stereocenters. The van der Waals surface area contributed by atoms with E-state index in [-0.39, 0.29) is 5.41 Å². The molecule has 0 spiro atoms.